The summed E-state index contributed by atoms with van der Waals surface area (Å²) in [7, 11) is 0. The standard InChI is InChI=1S/C29H50F2/c1-4-5-6-7-8-28(27-18-11-23(3)29(30,31)21-27)26-19-16-25(17-20-26)15-14-24-12-9-22(2)10-13-24/h14-15,22-28H,4-13,16-21H2,1-3H3. The molecule has 0 radical (unpaired) electrons. The van der Waals surface area contributed by atoms with Crippen molar-refractivity contribution in [3.8, 4) is 0 Å². The van der Waals surface area contributed by atoms with Gasteiger partial charge in [-0.25, -0.2) is 8.78 Å². The van der Waals surface area contributed by atoms with Crippen molar-refractivity contribution in [2.45, 2.75) is 129 Å². The van der Waals surface area contributed by atoms with E-state index in [-0.39, 0.29) is 12.3 Å². The van der Waals surface area contributed by atoms with E-state index >= 15 is 0 Å². The van der Waals surface area contributed by atoms with Gasteiger partial charge >= 0.3 is 0 Å². The van der Waals surface area contributed by atoms with Gasteiger partial charge < -0.3 is 0 Å². The maximum absolute atomic E-state index is 14.6. The Morgan fingerprint density at radius 1 is 0.742 bits per heavy atom. The third-order valence-corrected chi connectivity index (χ3v) is 9.36. The quantitative estimate of drug-likeness (QED) is 0.249. The van der Waals surface area contributed by atoms with Gasteiger partial charge in [0.25, 0.3) is 5.92 Å². The van der Waals surface area contributed by atoms with E-state index in [1.165, 1.54) is 83.5 Å². The molecule has 0 bridgehead atoms. The molecule has 0 aromatic rings. The Hall–Kier alpha value is -0.400. The number of halogens is 2. The van der Waals surface area contributed by atoms with Gasteiger partial charge in [-0.3, -0.25) is 0 Å². The van der Waals surface area contributed by atoms with E-state index in [1.807, 2.05) is 0 Å². The van der Waals surface area contributed by atoms with E-state index in [1.54, 1.807) is 6.92 Å². The molecule has 3 aliphatic rings. The van der Waals surface area contributed by atoms with Crippen molar-refractivity contribution in [3.63, 3.8) is 0 Å². The Kier molecular flexibility index (Phi) is 9.91. The van der Waals surface area contributed by atoms with Crippen LogP contribution in [0.15, 0.2) is 12.2 Å². The molecular weight excluding hydrogens is 386 g/mol. The minimum Gasteiger partial charge on any atom is -0.207 e. The molecule has 3 aliphatic carbocycles. The van der Waals surface area contributed by atoms with Crippen LogP contribution in [0.1, 0.15) is 124 Å². The second-order valence-corrected chi connectivity index (χ2v) is 11.8. The van der Waals surface area contributed by atoms with E-state index in [2.05, 4.69) is 26.0 Å². The third kappa shape index (κ3) is 7.56. The molecule has 180 valence electrons. The van der Waals surface area contributed by atoms with Crippen LogP contribution < -0.4 is 0 Å². The van der Waals surface area contributed by atoms with Crippen LogP contribution in [0.4, 0.5) is 8.78 Å². The van der Waals surface area contributed by atoms with Gasteiger partial charge in [-0.2, -0.15) is 0 Å². The summed E-state index contributed by atoms with van der Waals surface area (Å²) in [5.41, 5.74) is 0. The zero-order valence-corrected chi connectivity index (χ0v) is 20.8. The molecule has 3 unspecified atom stereocenters. The molecule has 0 aromatic heterocycles. The highest BCUT2D eigenvalue weighted by Crippen LogP contribution is 2.49. The van der Waals surface area contributed by atoms with E-state index in [0.717, 1.165) is 30.6 Å². The van der Waals surface area contributed by atoms with E-state index in [9.17, 15) is 8.78 Å². The van der Waals surface area contributed by atoms with Gasteiger partial charge in [0.05, 0.1) is 0 Å². The van der Waals surface area contributed by atoms with Crippen molar-refractivity contribution in [2.75, 3.05) is 0 Å². The van der Waals surface area contributed by atoms with Crippen molar-refractivity contribution in [1.29, 1.82) is 0 Å². The molecule has 31 heavy (non-hydrogen) atoms. The van der Waals surface area contributed by atoms with Crippen LogP contribution in [-0.4, -0.2) is 5.92 Å². The number of hydrogen-bond donors (Lipinski definition) is 0. The zero-order chi connectivity index (χ0) is 22.3. The fourth-order valence-electron chi connectivity index (χ4n) is 6.91. The summed E-state index contributed by atoms with van der Waals surface area (Å²) in [4.78, 5) is 0. The molecule has 0 saturated heterocycles. The minimum absolute atomic E-state index is 0.159. The van der Waals surface area contributed by atoms with Crippen molar-refractivity contribution >= 4 is 0 Å². The van der Waals surface area contributed by atoms with Crippen LogP contribution in [0.5, 0.6) is 0 Å². The van der Waals surface area contributed by atoms with Gasteiger partial charge in [-0.05, 0) is 93.3 Å². The lowest BCUT2D eigenvalue weighted by molar-refractivity contribution is -0.109. The summed E-state index contributed by atoms with van der Waals surface area (Å²) < 4.78 is 29.1. The predicted molar refractivity (Wildman–Crippen MR) is 129 cm³/mol. The van der Waals surface area contributed by atoms with Gasteiger partial charge in [0.15, 0.2) is 0 Å². The molecule has 0 aliphatic heterocycles. The average Bonchev–Trinajstić information content (AvgIpc) is 2.76. The maximum Gasteiger partial charge on any atom is 0.250 e. The number of unbranched alkanes of at least 4 members (excludes halogenated alkanes) is 3. The topological polar surface area (TPSA) is 0 Å². The van der Waals surface area contributed by atoms with Crippen LogP contribution in [0, 0.1) is 41.4 Å². The number of hydrogen-bond acceptors (Lipinski definition) is 0. The highest BCUT2D eigenvalue weighted by atomic mass is 19.3. The fraction of sp³-hybridized carbons (Fsp3) is 0.931. The molecule has 3 fully saturated rings. The van der Waals surface area contributed by atoms with Crippen LogP contribution in [0.3, 0.4) is 0 Å². The number of rotatable bonds is 9. The molecule has 2 heteroatoms. The van der Waals surface area contributed by atoms with E-state index in [0.29, 0.717) is 11.8 Å². The Morgan fingerprint density at radius 2 is 1.32 bits per heavy atom. The van der Waals surface area contributed by atoms with Gasteiger partial charge in [0, 0.05) is 12.3 Å². The molecule has 0 heterocycles. The smallest absolute Gasteiger partial charge is 0.207 e. The normalized spacial score (nSPS) is 37.7. The first-order valence-electron chi connectivity index (χ1n) is 13.9. The zero-order valence-electron chi connectivity index (χ0n) is 20.8. The lowest BCUT2D eigenvalue weighted by atomic mass is 9.64. The first-order valence-corrected chi connectivity index (χ1v) is 13.9. The van der Waals surface area contributed by atoms with Crippen molar-refractivity contribution in [3.05, 3.63) is 12.2 Å². The maximum atomic E-state index is 14.6. The Morgan fingerprint density at radius 3 is 1.90 bits per heavy atom. The van der Waals surface area contributed by atoms with Crippen molar-refractivity contribution in [1.82, 2.24) is 0 Å². The van der Waals surface area contributed by atoms with Gasteiger partial charge in [-0.15, -0.1) is 0 Å². The predicted octanol–water partition coefficient (Wildman–Crippen LogP) is 9.83. The minimum atomic E-state index is -2.44. The Labute approximate surface area is 192 Å². The lowest BCUT2D eigenvalue weighted by Crippen LogP contribution is -2.39. The Balaban J connectivity index is 1.52. The van der Waals surface area contributed by atoms with E-state index < -0.39 is 11.8 Å². The summed E-state index contributed by atoms with van der Waals surface area (Å²) in [6.45, 7) is 6.41. The Bertz CT molecular complexity index is 523. The monoisotopic (exact) mass is 436 g/mol. The van der Waals surface area contributed by atoms with Crippen LogP contribution in [0.25, 0.3) is 0 Å². The third-order valence-electron chi connectivity index (χ3n) is 9.36. The summed E-state index contributed by atoms with van der Waals surface area (Å²) in [6.07, 6.45) is 23.9. The second-order valence-electron chi connectivity index (χ2n) is 11.8. The molecule has 0 amide bonds. The number of alkyl halides is 2. The van der Waals surface area contributed by atoms with Crippen LogP contribution >= 0.6 is 0 Å². The molecule has 0 aromatic carbocycles. The largest absolute Gasteiger partial charge is 0.250 e. The van der Waals surface area contributed by atoms with E-state index in [4.69, 9.17) is 0 Å². The molecule has 3 saturated carbocycles. The summed E-state index contributed by atoms with van der Waals surface area (Å²) in [5.74, 6) is 1.10. The molecule has 0 N–H and O–H groups in total. The number of allylic oxidation sites excluding steroid dienone is 2. The highest BCUT2D eigenvalue weighted by molar-refractivity contribution is 4.97. The first kappa shape index (κ1) is 25.2. The lowest BCUT2D eigenvalue weighted by Gasteiger charge is -2.43. The van der Waals surface area contributed by atoms with Crippen molar-refractivity contribution < 1.29 is 8.78 Å². The SMILES string of the molecule is CCCCCCC(C1CCC(C=CC2CCC(C)CC2)CC1)C1CCC(C)C(F)(F)C1. The summed E-state index contributed by atoms with van der Waals surface area (Å²) >= 11 is 0. The highest BCUT2D eigenvalue weighted by Gasteiger charge is 2.45. The summed E-state index contributed by atoms with van der Waals surface area (Å²) in [6, 6.07) is 0. The second kappa shape index (κ2) is 12.2. The molecule has 3 rings (SSSR count). The van der Waals surface area contributed by atoms with Gasteiger partial charge in [-0.1, -0.05) is 71.4 Å². The van der Waals surface area contributed by atoms with Gasteiger partial charge in [0.1, 0.15) is 0 Å². The molecule has 3 atom stereocenters. The average molecular weight is 437 g/mol. The summed E-state index contributed by atoms with van der Waals surface area (Å²) in [5, 5.41) is 0. The fourth-order valence-corrected chi connectivity index (χ4v) is 6.91. The van der Waals surface area contributed by atoms with Gasteiger partial charge in [0.2, 0.25) is 0 Å². The molecule has 0 nitrogen and oxygen atoms in total. The molecule has 0 spiro atoms. The molecular formula is C29H50F2. The first-order chi connectivity index (χ1) is 14.9. The van der Waals surface area contributed by atoms with Crippen molar-refractivity contribution in [2.24, 2.45) is 41.4 Å². The van der Waals surface area contributed by atoms with Crippen LogP contribution in [-0.2, 0) is 0 Å². The van der Waals surface area contributed by atoms with Crippen LogP contribution in [0.2, 0.25) is 0 Å².